The minimum atomic E-state index is -4.82. The van der Waals surface area contributed by atoms with Crippen molar-refractivity contribution in [2.45, 2.75) is 49.3 Å². The van der Waals surface area contributed by atoms with Gasteiger partial charge in [0.05, 0.1) is 0 Å². The van der Waals surface area contributed by atoms with E-state index in [9.17, 15) is 23.1 Å². The summed E-state index contributed by atoms with van der Waals surface area (Å²) in [6.07, 6.45) is -3.91. The molecule has 3 rings (SSSR count). The Labute approximate surface area is 124 Å². The van der Waals surface area contributed by atoms with Crippen LogP contribution >= 0.6 is 11.6 Å². The first-order valence-electron chi connectivity index (χ1n) is 6.80. The van der Waals surface area contributed by atoms with Gasteiger partial charge >= 0.3 is 6.18 Å². The average Bonchev–Trinajstić information content (AvgIpc) is 2.60. The highest BCUT2D eigenvalue weighted by atomic mass is 35.5. The van der Waals surface area contributed by atoms with Gasteiger partial charge in [-0.1, -0.05) is 23.7 Å². The second kappa shape index (κ2) is 4.46. The molecule has 1 N–H and O–H groups in total. The van der Waals surface area contributed by atoms with E-state index < -0.39 is 23.6 Å². The molecule has 1 fully saturated rings. The molecule has 0 radical (unpaired) electrons. The molecule has 2 nitrogen and oxygen atoms in total. The van der Waals surface area contributed by atoms with Crippen molar-refractivity contribution in [2.24, 2.45) is 0 Å². The maximum atomic E-state index is 13.4. The largest absolute Gasteiger partial charge is 0.421 e. The van der Waals surface area contributed by atoms with Crippen LogP contribution in [0.1, 0.15) is 43.2 Å². The molecule has 21 heavy (non-hydrogen) atoms. The van der Waals surface area contributed by atoms with Gasteiger partial charge in [-0.05, 0) is 30.9 Å². The van der Waals surface area contributed by atoms with Crippen molar-refractivity contribution < 1.29 is 23.1 Å². The third kappa shape index (κ3) is 2.01. The smallest absolute Gasteiger partial charge is 0.376 e. The fraction of sp³-hybridized carbons (Fsp3) is 0.533. The van der Waals surface area contributed by atoms with E-state index in [-0.39, 0.29) is 22.8 Å². The third-order valence-electron chi connectivity index (χ3n) is 4.71. The lowest BCUT2D eigenvalue weighted by Crippen LogP contribution is -2.43. The standard InChI is InChI=1S/C15H14ClF3O2/c16-11-5-1-4-10-12(11)14(21,15(17,18)19)8-13(10)6-2-3-9(20)7-13/h1,4-5,21H,2-3,6-8H2/t13-,14?/m0/s1. The van der Waals surface area contributed by atoms with Crippen LogP contribution in [0, 0.1) is 0 Å². The number of hydrogen-bond acceptors (Lipinski definition) is 2. The van der Waals surface area contributed by atoms with E-state index in [2.05, 4.69) is 0 Å². The second-order valence-electron chi connectivity index (χ2n) is 6.05. The molecule has 6 heteroatoms. The lowest BCUT2D eigenvalue weighted by atomic mass is 9.69. The van der Waals surface area contributed by atoms with E-state index in [4.69, 9.17) is 11.6 Å². The first kappa shape index (κ1) is 14.9. The van der Waals surface area contributed by atoms with Crippen molar-refractivity contribution in [2.75, 3.05) is 0 Å². The van der Waals surface area contributed by atoms with E-state index in [0.717, 1.165) is 0 Å². The average molecular weight is 319 g/mol. The minimum absolute atomic E-state index is 0.0404. The normalized spacial score (nSPS) is 32.5. The van der Waals surface area contributed by atoms with E-state index in [1.54, 1.807) is 12.1 Å². The molecule has 2 aliphatic carbocycles. The predicted molar refractivity (Wildman–Crippen MR) is 71.2 cm³/mol. The first-order chi connectivity index (χ1) is 9.70. The highest BCUT2D eigenvalue weighted by Gasteiger charge is 2.65. The number of ketones is 1. The molecule has 1 spiro atoms. The van der Waals surface area contributed by atoms with E-state index in [0.29, 0.717) is 24.8 Å². The number of halogens is 4. The van der Waals surface area contributed by atoms with Crippen LogP contribution in [0.5, 0.6) is 0 Å². The van der Waals surface area contributed by atoms with Crippen molar-refractivity contribution in [1.82, 2.24) is 0 Å². The van der Waals surface area contributed by atoms with Crippen LogP contribution < -0.4 is 0 Å². The Balaban J connectivity index is 2.22. The molecule has 0 aromatic heterocycles. The molecule has 0 heterocycles. The summed E-state index contributed by atoms with van der Waals surface area (Å²) in [4.78, 5) is 11.8. The maximum Gasteiger partial charge on any atom is 0.421 e. The predicted octanol–water partition coefficient (Wildman–Crippen LogP) is 3.87. The Kier molecular flexibility index (Phi) is 3.16. The number of benzene rings is 1. The Morgan fingerprint density at radius 3 is 2.62 bits per heavy atom. The number of aliphatic hydroxyl groups is 1. The molecule has 0 aliphatic heterocycles. The lowest BCUT2D eigenvalue weighted by Gasteiger charge is -2.35. The van der Waals surface area contributed by atoms with Crippen molar-refractivity contribution >= 4 is 17.4 Å². The van der Waals surface area contributed by atoms with Crippen molar-refractivity contribution in [3.63, 3.8) is 0 Å². The highest BCUT2D eigenvalue weighted by molar-refractivity contribution is 6.31. The molecule has 2 atom stereocenters. The minimum Gasteiger partial charge on any atom is -0.376 e. The summed E-state index contributed by atoms with van der Waals surface area (Å²) in [5, 5.41) is 10.2. The summed E-state index contributed by atoms with van der Waals surface area (Å²) < 4.78 is 40.3. The van der Waals surface area contributed by atoms with Crippen LogP contribution in [-0.4, -0.2) is 17.1 Å². The fourth-order valence-corrected chi connectivity index (χ4v) is 4.19. The zero-order chi connectivity index (χ0) is 15.5. The van der Waals surface area contributed by atoms with Crippen LogP contribution in [0.2, 0.25) is 5.02 Å². The SMILES string of the molecule is O=C1CCC[C@]2(C1)CC(O)(C(F)(F)F)c1c(Cl)cccc12. The quantitative estimate of drug-likeness (QED) is 0.788. The van der Waals surface area contributed by atoms with Crippen LogP contribution in [0.15, 0.2) is 18.2 Å². The Morgan fingerprint density at radius 2 is 2.00 bits per heavy atom. The highest BCUT2D eigenvalue weighted by Crippen LogP contribution is 2.60. The first-order valence-corrected chi connectivity index (χ1v) is 7.18. The number of alkyl halides is 3. The molecule has 1 aromatic carbocycles. The molecule has 114 valence electrons. The van der Waals surface area contributed by atoms with Gasteiger partial charge in [0, 0.05) is 28.8 Å². The van der Waals surface area contributed by atoms with Gasteiger partial charge < -0.3 is 5.11 Å². The van der Waals surface area contributed by atoms with Gasteiger partial charge in [0.15, 0.2) is 5.60 Å². The second-order valence-corrected chi connectivity index (χ2v) is 6.45. The summed E-state index contributed by atoms with van der Waals surface area (Å²) in [6.45, 7) is 0. The molecular weight excluding hydrogens is 305 g/mol. The maximum absolute atomic E-state index is 13.4. The molecule has 0 bridgehead atoms. The number of Topliss-reactive ketones (excluding diaryl/α,β-unsaturated/α-hetero) is 1. The van der Waals surface area contributed by atoms with Crippen LogP contribution in [0.25, 0.3) is 0 Å². The Bertz CT molecular complexity index is 613. The van der Waals surface area contributed by atoms with E-state index in [1.807, 2.05) is 0 Å². The topological polar surface area (TPSA) is 37.3 Å². The zero-order valence-corrected chi connectivity index (χ0v) is 11.9. The van der Waals surface area contributed by atoms with Crippen LogP contribution in [0.3, 0.4) is 0 Å². The number of carbonyl (C=O) groups is 1. The fourth-order valence-electron chi connectivity index (χ4n) is 3.86. The molecule has 2 aliphatic rings. The summed E-state index contributed by atoms with van der Waals surface area (Å²) in [5.74, 6) is -0.0569. The third-order valence-corrected chi connectivity index (χ3v) is 5.02. The van der Waals surface area contributed by atoms with Gasteiger partial charge in [-0.25, -0.2) is 0 Å². The van der Waals surface area contributed by atoms with Gasteiger partial charge in [-0.2, -0.15) is 13.2 Å². The van der Waals surface area contributed by atoms with Crippen LogP contribution in [0.4, 0.5) is 13.2 Å². The van der Waals surface area contributed by atoms with Crippen molar-refractivity contribution in [1.29, 1.82) is 0 Å². The number of fused-ring (bicyclic) bond motifs is 2. The summed E-state index contributed by atoms with van der Waals surface area (Å²) in [5.41, 5.74) is -3.81. The molecular formula is C15H14ClF3O2. The van der Waals surface area contributed by atoms with Crippen molar-refractivity contribution in [3.8, 4) is 0 Å². The van der Waals surface area contributed by atoms with E-state index >= 15 is 0 Å². The van der Waals surface area contributed by atoms with Gasteiger partial charge in [0.25, 0.3) is 0 Å². The van der Waals surface area contributed by atoms with Gasteiger partial charge in [0.2, 0.25) is 0 Å². The molecule has 0 amide bonds. The summed E-state index contributed by atoms with van der Waals surface area (Å²) >= 11 is 5.95. The Hall–Kier alpha value is -1.07. The monoisotopic (exact) mass is 318 g/mol. The Morgan fingerprint density at radius 1 is 1.29 bits per heavy atom. The van der Waals surface area contributed by atoms with E-state index in [1.165, 1.54) is 6.07 Å². The summed E-state index contributed by atoms with van der Waals surface area (Å²) in [6, 6.07) is 4.48. The van der Waals surface area contributed by atoms with Gasteiger partial charge in [-0.15, -0.1) is 0 Å². The lowest BCUT2D eigenvalue weighted by molar-refractivity contribution is -0.269. The summed E-state index contributed by atoms with van der Waals surface area (Å²) in [7, 11) is 0. The van der Waals surface area contributed by atoms with Crippen molar-refractivity contribution in [3.05, 3.63) is 34.3 Å². The van der Waals surface area contributed by atoms with Crippen LogP contribution in [-0.2, 0) is 15.8 Å². The zero-order valence-electron chi connectivity index (χ0n) is 11.1. The molecule has 1 aromatic rings. The van der Waals surface area contributed by atoms with Gasteiger partial charge in [-0.3, -0.25) is 4.79 Å². The number of hydrogen-bond donors (Lipinski definition) is 1. The van der Waals surface area contributed by atoms with Gasteiger partial charge in [0.1, 0.15) is 5.78 Å². The number of rotatable bonds is 0. The number of carbonyl (C=O) groups excluding carboxylic acids is 1. The molecule has 1 saturated carbocycles. The molecule has 1 unspecified atom stereocenters. The molecule has 0 saturated heterocycles.